The van der Waals surface area contributed by atoms with Gasteiger partial charge in [0, 0.05) is 18.7 Å². The van der Waals surface area contributed by atoms with Gasteiger partial charge in [-0.2, -0.15) is 23.5 Å². The Kier molecular flexibility index (Phi) is 6.15. The summed E-state index contributed by atoms with van der Waals surface area (Å²) in [5.41, 5.74) is -1.55. The third-order valence-corrected chi connectivity index (χ3v) is 8.17. The molecule has 0 aliphatic heterocycles. The van der Waals surface area contributed by atoms with Crippen molar-refractivity contribution in [1.29, 1.82) is 5.26 Å². The lowest BCUT2D eigenvalue weighted by atomic mass is 9.90. The van der Waals surface area contributed by atoms with Gasteiger partial charge >= 0.3 is 6.18 Å². The fraction of sp³-hybridized carbons (Fsp3) is 0.417. The number of anilines is 1. The number of H-pyrrole nitrogens is 1. The van der Waals surface area contributed by atoms with Gasteiger partial charge in [0.05, 0.1) is 27.8 Å². The van der Waals surface area contributed by atoms with Gasteiger partial charge in [-0.1, -0.05) is 0 Å². The first kappa shape index (κ1) is 25.4. The van der Waals surface area contributed by atoms with E-state index < -0.39 is 29.2 Å². The summed E-state index contributed by atoms with van der Waals surface area (Å²) in [6.07, 6.45) is -1.39. The molecule has 13 heteroatoms. The molecule has 1 amide bonds. The largest absolute Gasteiger partial charge is 0.436 e. The SMILES string of the molecule is Cn1cnc(C2CC3CC(O)(c4[nH]nc(C(F)(F)F)c4Br)CC3C2)c1C(=O)Nc1ccc(F)c(C#N)c1. The van der Waals surface area contributed by atoms with E-state index in [2.05, 4.69) is 36.4 Å². The number of imidazole rings is 1. The number of nitriles is 1. The van der Waals surface area contributed by atoms with Crippen LogP contribution in [0.25, 0.3) is 0 Å². The molecule has 3 N–H and O–H groups in total. The lowest BCUT2D eigenvalue weighted by molar-refractivity contribution is -0.141. The monoisotopic (exact) mass is 580 g/mol. The molecule has 5 rings (SSSR count). The third-order valence-electron chi connectivity index (χ3n) is 7.39. The van der Waals surface area contributed by atoms with Crippen LogP contribution in [0.15, 0.2) is 29.0 Å². The number of alkyl halides is 3. The molecule has 2 aliphatic carbocycles. The van der Waals surface area contributed by atoms with E-state index in [0.717, 1.165) is 6.07 Å². The summed E-state index contributed by atoms with van der Waals surface area (Å²) in [7, 11) is 1.68. The number of hydrogen-bond acceptors (Lipinski definition) is 5. The molecule has 194 valence electrons. The van der Waals surface area contributed by atoms with Crippen LogP contribution in [-0.4, -0.2) is 30.8 Å². The smallest absolute Gasteiger partial charge is 0.384 e. The van der Waals surface area contributed by atoms with Crippen molar-refractivity contribution in [2.75, 3.05) is 5.32 Å². The molecule has 1 aromatic carbocycles. The summed E-state index contributed by atoms with van der Waals surface area (Å²) < 4.78 is 54.5. The molecule has 0 saturated heterocycles. The van der Waals surface area contributed by atoms with E-state index in [1.807, 2.05) is 0 Å². The molecule has 2 saturated carbocycles. The summed E-state index contributed by atoms with van der Waals surface area (Å²) in [6, 6.07) is 5.46. The molecular formula is C24H21BrF4N6O2. The van der Waals surface area contributed by atoms with Gasteiger partial charge in [-0.15, -0.1) is 0 Å². The van der Waals surface area contributed by atoms with Crippen molar-refractivity contribution in [3.63, 3.8) is 0 Å². The molecule has 8 nitrogen and oxygen atoms in total. The van der Waals surface area contributed by atoms with Crippen LogP contribution >= 0.6 is 15.9 Å². The minimum Gasteiger partial charge on any atom is -0.384 e. The summed E-state index contributed by atoms with van der Waals surface area (Å²) in [4.78, 5) is 17.6. The molecule has 2 unspecified atom stereocenters. The Balaban J connectivity index is 1.33. The molecule has 0 bridgehead atoms. The van der Waals surface area contributed by atoms with Gasteiger partial charge < -0.3 is 15.0 Å². The Hall–Kier alpha value is -3.24. The van der Waals surface area contributed by atoms with Crippen LogP contribution in [0.4, 0.5) is 23.2 Å². The van der Waals surface area contributed by atoms with Crippen molar-refractivity contribution in [2.24, 2.45) is 18.9 Å². The van der Waals surface area contributed by atoms with Crippen LogP contribution in [0.1, 0.15) is 64.7 Å². The number of rotatable bonds is 4. The second-order valence-corrected chi connectivity index (χ2v) is 10.5. The minimum absolute atomic E-state index is 0.0211. The molecule has 2 heterocycles. The van der Waals surface area contributed by atoms with Crippen molar-refractivity contribution in [2.45, 2.75) is 43.4 Å². The normalized spacial score (nSPS) is 25.2. The maximum absolute atomic E-state index is 13.6. The number of fused-ring (bicyclic) bond motifs is 1. The standard InChI is InChI=1S/C24H21BrF4N6O2/c1-35-10-31-18(19(35)22(36)32-15-2-3-16(26)14(6-15)9-30)11-4-12-7-23(37,8-13(12)5-11)20-17(25)21(34-33-20)24(27,28)29/h2-3,6,10-13,37H,4-5,7-8H2,1H3,(H,32,36)(H,33,34). The Morgan fingerprint density at radius 1 is 1.32 bits per heavy atom. The van der Waals surface area contributed by atoms with Crippen LogP contribution in [0.3, 0.4) is 0 Å². The highest BCUT2D eigenvalue weighted by atomic mass is 79.9. The molecule has 2 atom stereocenters. The average Bonchev–Trinajstić information content (AvgIpc) is 3.56. The lowest BCUT2D eigenvalue weighted by Gasteiger charge is -2.24. The molecule has 3 aromatic rings. The minimum atomic E-state index is -4.65. The quantitative estimate of drug-likeness (QED) is 0.376. The van der Waals surface area contributed by atoms with Crippen LogP contribution in [0, 0.1) is 29.0 Å². The molecular weight excluding hydrogens is 560 g/mol. The van der Waals surface area contributed by atoms with Crippen LogP contribution in [0.5, 0.6) is 0 Å². The van der Waals surface area contributed by atoms with Gasteiger partial charge in [-0.25, -0.2) is 9.37 Å². The van der Waals surface area contributed by atoms with E-state index in [1.165, 1.54) is 18.5 Å². The van der Waals surface area contributed by atoms with Crippen LogP contribution in [0.2, 0.25) is 0 Å². The van der Waals surface area contributed by atoms with Crippen LogP contribution < -0.4 is 5.32 Å². The summed E-state index contributed by atoms with van der Waals surface area (Å²) in [5.74, 6) is -1.18. The summed E-state index contributed by atoms with van der Waals surface area (Å²) >= 11 is 2.96. The van der Waals surface area contributed by atoms with E-state index in [1.54, 1.807) is 17.7 Å². The predicted molar refractivity (Wildman–Crippen MR) is 126 cm³/mol. The van der Waals surface area contributed by atoms with Gasteiger partial charge in [0.2, 0.25) is 0 Å². The molecule has 0 radical (unpaired) electrons. The van der Waals surface area contributed by atoms with Crippen LogP contribution in [-0.2, 0) is 18.8 Å². The number of carbonyl (C=O) groups is 1. The van der Waals surface area contributed by atoms with Gasteiger partial charge in [-0.3, -0.25) is 9.89 Å². The van der Waals surface area contributed by atoms with Crippen molar-refractivity contribution in [1.82, 2.24) is 19.7 Å². The number of amides is 1. The number of aromatic amines is 1. The maximum Gasteiger partial charge on any atom is 0.436 e. The Morgan fingerprint density at radius 2 is 2.00 bits per heavy atom. The summed E-state index contributed by atoms with van der Waals surface area (Å²) in [6.45, 7) is 0. The highest BCUT2D eigenvalue weighted by molar-refractivity contribution is 9.10. The second-order valence-electron chi connectivity index (χ2n) is 9.74. The first-order chi connectivity index (χ1) is 17.4. The Morgan fingerprint density at radius 3 is 2.59 bits per heavy atom. The number of aliphatic hydroxyl groups is 1. The zero-order chi connectivity index (χ0) is 26.7. The van der Waals surface area contributed by atoms with E-state index in [4.69, 9.17) is 5.26 Å². The number of nitrogens with one attached hydrogen (secondary N) is 2. The highest BCUT2D eigenvalue weighted by Gasteiger charge is 2.53. The van der Waals surface area contributed by atoms with E-state index in [-0.39, 0.29) is 52.0 Å². The van der Waals surface area contributed by atoms with Crippen molar-refractivity contribution in [3.05, 3.63) is 63.2 Å². The molecule has 2 aromatic heterocycles. The van der Waals surface area contributed by atoms with Gasteiger partial charge in [0.1, 0.15) is 23.2 Å². The number of halogens is 5. The predicted octanol–water partition coefficient (Wildman–Crippen LogP) is 4.98. The van der Waals surface area contributed by atoms with Gasteiger partial charge in [0.25, 0.3) is 5.91 Å². The zero-order valence-electron chi connectivity index (χ0n) is 19.4. The number of aromatic nitrogens is 4. The maximum atomic E-state index is 13.6. The van der Waals surface area contributed by atoms with Gasteiger partial charge in [0.15, 0.2) is 5.69 Å². The average molecular weight is 581 g/mol. The highest BCUT2D eigenvalue weighted by Crippen LogP contribution is 2.57. The van der Waals surface area contributed by atoms with E-state index in [9.17, 15) is 27.5 Å². The topological polar surface area (TPSA) is 120 Å². The number of benzene rings is 1. The first-order valence-electron chi connectivity index (χ1n) is 11.5. The fourth-order valence-corrected chi connectivity index (χ4v) is 6.59. The van der Waals surface area contributed by atoms with E-state index >= 15 is 0 Å². The molecule has 2 fully saturated rings. The molecule has 0 spiro atoms. The van der Waals surface area contributed by atoms with Crippen molar-refractivity contribution >= 4 is 27.5 Å². The number of hydrogen-bond donors (Lipinski definition) is 3. The number of aryl methyl sites for hydroxylation is 1. The van der Waals surface area contributed by atoms with E-state index in [0.29, 0.717) is 24.2 Å². The molecule has 37 heavy (non-hydrogen) atoms. The number of nitrogens with zero attached hydrogens (tertiary/aromatic N) is 4. The van der Waals surface area contributed by atoms with Gasteiger partial charge in [-0.05, 0) is 71.6 Å². The number of carbonyl (C=O) groups excluding carboxylic acids is 1. The Labute approximate surface area is 216 Å². The second kappa shape index (κ2) is 8.95. The Bertz CT molecular complexity index is 1410. The lowest BCUT2D eigenvalue weighted by Crippen LogP contribution is -2.24. The fourth-order valence-electron chi connectivity index (χ4n) is 5.82. The summed E-state index contributed by atoms with van der Waals surface area (Å²) in [5, 5.41) is 28.7. The van der Waals surface area contributed by atoms with Crippen molar-refractivity contribution in [3.8, 4) is 6.07 Å². The third kappa shape index (κ3) is 4.42. The first-order valence-corrected chi connectivity index (χ1v) is 12.3. The molecule has 2 aliphatic rings. The zero-order valence-corrected chi connectivity index (χ0v) is 21.0. The van der Waals surface area contributed by atoms with Crippen molar-refractivity contribution < 1.29 is 27.5 Å².